The van der Waals surface area contributed by atoms with E-state index in [0.29, 0.717) is 30.2 Å². The van der Waals surface area contributed by atoms with Gasteiger partial charge in [0.1, 0.15) is 17.5 Å². The second-order valence-electron chi connectivity index (χ2n) is 3.45. The van der Waals surface area contributed by atoms with Crippen molar-refractivity contribution in [3.05, 3.63) is 11.3 Å². The van der Waals surface area contributed by atoms with E-state index in [0.717, 1.165) is 0 Å². The predicted octanol–water partition coefficient (Wildman–Crippen LogP) is -0.609. The molecule has 0 unspecified atom stereocenters. The molecule has 0 spiro atoms. The molecule has 0 fully saturated rings. The fourth-order valence-corrected chi connectivity index (χ4v) is 1.70. The van der Waals surface area contributed by atoms with Crippen LogP contribution in [-0.2, 0) is 7.05 Å². The molecule has 1 aromatic heterocycles. The first-order valence-corrected chi connectivity index (χ1v) is 5.06. The quantitative estimate of drug-likeness (QED) is 0.697. The number of hydrogen-bond donors (Lipinski definition) is 2. The van der Waals surface area contributed by atoms with Gasteiger partial charge in [0.2, 0.25) is 0 Å². The van der Waals surface area contributed by atoms with Crippen molar-refractivity contribution in [2.75, 3.05) is 31.2 Å². The Hall–Kier alpha value is -1.58. The number of rotatable bonds is 5. The van der Waals surface area contributed by atoms with E-state index in [4.69, 9.17) is 15.5 Å². The van der Waals surface area contributed by atoms with Gasteiger partial charge in [-0.25, -0.2) is 0 Å². The van der Waals surface area contributed by atoms with E-state index >= 15 is 0 Å². The second-order valence-corrected chi connectivity index (χ2v) is 3.45. The monoisotopic (exact) mass is 224 g/mol. The molecule has 0 aliphatic heterocycles. The minimum atomic E-state index is -0.0326. The lowest BCUT2D eigenvalue weighted by molar-refractivity contribution is 0.280. The van der Waals surface area contributed by atoms with Crippen LogP contribution in [0, 0.1) is 18.3 Å². The van der Waals surface area contributed by atoms with E-state index in [-0.39, 0.29) is 13.2 Å². The van der Waals surface area contributed by atoms with E-state index in [2.05, 4.69) is 11.2 Å². The standard InChI is InChI=1S/C10H16N4O2/c1-8-9(7-11)10(13(2)12-8)14(3-5-15)4-6-16/h15-16H,3-6H2,1-2H3. The summed E-state index contributed by atoms with van der Waals surface area (Å²) in [6.07, 6.45) is 0. The SMILES string of the molecule is Cc1nn(C)c(N(CCO)CCO)c1C#N. The third kappa shape index (κ3) is 2.32. The van der Waals surface area contributed by atoms with Gasteiger partial charge in [-0.2, -0.15) is 10.4 Å². The highest BCUT2D eigenvalue weighted by Crippen LogP contribution is 2.21. The highest BCUT2D eigenvalue weighted by Gasteiger charge is 2.18. The van der Waals surface area contributed by atoms with E-state index in [9.17, 15) is 0 Å². The van der Waals surface area contributed by atoms with Gasteiger partial charge < -0.3 is 15.1 Å². The molecule has 1 rings (SSSR count). The summed E-state index contributed by atoms with van der Waals surface area (Å²) in [5.41, 5.74) is 1.14. The molecule has 0 saturated carbocycles. The molecule has 1 heterocycles. The highest BCUT2D eigenvalue weighted by molar-refractivity contribution is 5.56. The zero-order valence-corrected chi connectivity index (χ0v) is 9.51. The van der Waals surface area contributed by atoms with Gasteiger partial charge in [-0.05, 0) is 6.92 Å². The van der Waals surface area contributed by atoms with Gasteiger partial charge in [-0.15, -0.1) is 0 Å². The zero-order valence-electron chi connectivity index (χ0n) is 9.51. The van der Waals surface area contributed by atoms with Crippen LogP contribution < -0.4 is 4.90 Å². The third-order valence-corrected chi connectivity index (χ3v) is 2.34. The minimum absolute atomic E-state index is 0.0326. The lowest BCUT2D eigenvalue weighted by Crippen LogP contribution is -2.31. The summed E-state index contributed by atoms with van der Waals surface area (Å²) >= 11 is 0. The van der Waals surface area contributed by atoms with Crippen molar-refractivity contribution in [2.24, 2.45) is 7.05 Å². The van der Waals surface area contributed by atoms with Gasteiger partial charge in [0, 0.05) is 20.1 Å². The fourth-order valence-electron chi connectivity index (χ4n) is 1.70. The molecule has 88 valence electrons. The number of nitrogens with zero attached hydrogens (tertiary/aromatic N) is 4. The molecule has 6 heteroatoms. The van der Waals surface area contributed by atoms with E-state index in [1.165, 1.54) is 0 Å². The number of aryl methyl sites for hydroxylation is 2. The molecular weight excluding hydrogens is 208 g/mol. The largest absolute Gasteiger partial charge is 0.395 e. The van der Waals surface area contributed by atoms with E-state index < -0.39 is 0 Å². The number of aliphatic hydroxyl groups excluding tert-OH is 2. The van der Waals surface area contributed by atoms with Crippen LogP contribution in [0.25, 0.3) is 0 Å². The van der Waals surface area contributed by atoms with Crippen LogP contribution in [0.1, 0.15) is 11.3 Å². The molecule has 6 nitrogen and oxygen atoms in total. The summed E-state index contributed by atoms with van der Waals surface area (Å²) < 4.78 is 1.60. The molecule has 0 saturated heterocycles. The van der Waals surface area contributed by atoms with E-state index in [1.54, 1.807) is 23.6 Å². The topological polar surface area (TPSA) is 85.3 Å². The van der Waals surface area contributed by atoms with Crippen molar-refractivity contribution < 1.29 is 10.2 Å². The van der Waals surface area contributed by atoms with Crippen molar-refractivity contribution in [3.63, 3.8) is 0 Å². The first-order chi connectivity index (χ1) is 7.65. The molecule has 0 amide bonds. The number of aliphatic hydroxyl groups is 2. The average molecular weight is 224 g/mol. The van der Waals surface area contributed by atoms with Crippen LogP contribution in [0.5, 0.6) is 0 Å². The molecule has 0 bridgehead atoms. The third-order valence-electron chi connectivity index (χ3n) is 2.34. The fraction of sp³-hybridized carbons (Fsp3) is 0.600. The van der Waals surface area contributed by atoms with Crippen LogP contribution in [0.15, 0.2) is 0 Å². The molecule has 2 N–H and O–H groups in total. The Labute approximate surface area is 94.3 Å². The highest BCUT2D eigenvalue weighted by atomic mass is 16.3. The second kappa shape index (κ2) is 5.49. The van der Waals surface area contributed by atoms with Gasteiger partial charge in [0.25, 0.3) is 0 Å². The number of aromatic nitrogens is 2. The first-order valence-electron chi connectivity index (χ1n) is 5.06. The Morgan fingerprint density at radius 3 is 2.38 bits per heavy atom. The zero-order chi connectivity index (χ0) is 12.1. The normalized spacial score (nSPS) is 10.2. The Balaban J connectivity index is 3.12. The summed E-state index contributed by atoms with van der Waals surface area (Å²) in [5, 5.41) is 31.1. The van der Waals surface area contributed by atoms with E-state index in [1.807, 2.05) is 0 Å². The summed E-state index contributed by atoms with van der Waals surface area (Å²) in [5.74, 6) is 0.642. The molecule has 16 heavy (non-hydrogen) atoms. The van der Waals surface area contributed by atoms with Crippen LogP contribution in [-0.4, -0.2) is 46.3 Å². The maximum Gasteiger partial charge on any atom is 0.145 e. The average Bonchev–Trinajstić information content (AvgIpc) is 2.52. The molecule has 0 atom stereocenters. The Bertz CT molecular complexity index is 388. The Morgan fingerprint density at radius 1 is 1.38 bits per heavy atom. The van der Waals surface area contributed by atoms with Crippen LogP contribution in [0.3, 0.4) is 0 Å². The Morgan fingerprint density at radius 2 is 1.94 bits per heavy atom. The Kier molecular flexibility index (Phi) is 4.28. The molecule has 1 aromatic rings. The number of anilines is 1. The number of hydrogen-bond acceptors (Lipinski definition) is 5. The first kappa shape index (κ1) is 12.5. The molecule has 0 aliphatic carbocycles. The van der Waals surface area contributed by atoms with Crippen LogP contribution >= 0.6 is 0 Å². The van der Waals surface area contributed by atoms with Crippen molar-refractivity contribution >= 4 is 5.82 Å². The summed E-state index contributed by atoms with van der Waals surface area (Å²) in [6.45, 7) is 2.44. The van der Waals surface area contributed by atoms with Gasteiger partial charge >= 0.3 is 0 Å². The maximum atomic E-state index is 9.04. The lowest BCUT2D eigenvalue weighted by Gasteiger charge is -2.22. The van der Waals surface area contributed by atoms with Crippen molar-refractivity contribution in [1.82, 2.24) is 9.78 Å². The van der Waals surface area contributed by atoms with Crippen molar-refractivity contribution in [1.29, 1.82) is 5.26 Å². The summed E-state index contributed by atoms with van der Waals surface area (Å²) in [7, 11) is 1.74. The lowest BCUT2D eigenvalue weighted by atomic mass is 10.2. The molecule has 0 aliphatic rings. The van der Waals surface area contributed by atoms with Gasteiger partial charge in [-0.1, -0.05) is 0 Å². The molecule has 0 aromatic carbocycles. The van der Waals surface area contributed by atoms with Crippen molar-refractivity contribution in [3.8, 4) is 6.07 Å². The van der Waals surface area contributed by atoms with Crippen molar-refractivity contribution in [2.45, 2.75) is 6.92 Å². The van der Waals surface area contributed by atoms with Gasteiger partial charge in [0.05, 0.1) is 18.9 Å². The number of nitriles is 1. The molecule has 0 radical (unpaired) electrons. The van der Waals surface area contributed by atoms with Gasteiger partial charge in [0.15, 0.2) is 0 Å². The molecular formula is C10H16N4O2. The van der Waals surface area contributed by atoms with Crippen LogP contribution in [0.4, 0.5) is 5.82 Å². The minimum Gasteiger partial charge on any atom is -0.395 e. The smallest absolute Gasteiger partial charge is 0.145 e. The summed E-state index contributed by atoms with van der Waals surface area (Å²) in [4.78, 5) is 1.75. The predicted molar refractivity (Wildman–Crippen MR) is 59.0 cm³/mol. The summed E-state index contributed by atoms with van der Waals surface area (Å²) in [6, 6.07) is 2.09. The van der Waals surface area contributed by atoms with Gasteiger partial charge in [-0.3, -0.25) is 4.68 Å². The van der Waals surface area contributed by atoms with Crippen LogP contribution in [0.2, 0.25) is 0 Å². The maximum absolute atomic E-state index is 9.04.